The van der Waals surface area contributed by atoms with Gasteiger partial charge in [0.15, 0.2) is 0 Å². The minimum absolute atomic E-state index is 0.0678. The molecule has 1 aromatic heterocycles. The number of nitrogens with one attached hydrogen (secondary N) is 1. The lowest BCUT2D eigenvalue weighted by Gasteiger charge is -2.14. The molecule has 0 radical (unpaired) electrons. The molecular weight excluding hydrogens is 340 g/mol. The fourth-order valence-corrected chi connectivity index (χ4v) is 3.02. The Morgan fingerprint density at radius 1 is 1.28 bits per heavy atom. The standard InChI is InChI=1S/C18H19ClN4O2/c1-11-16(18(25)22-15-5-3-14(19)4-6-15)9-20-17(21-11)13-7-8-23(10-13)12(2)24/h3-6,9,13H,7-8,10H2,1-2H3,(H,22,25). The number of likely N-dealkylation sites (tertiary alicyclic amines) is 1. The number of aromatic nitrogens is 2. The second-order valence-corrected chi connectivity index (χ2v) is 6.58. The highest BCUT2D eigenvalue weighted by Gasteiger charge is 2.28. The average molecular weight is 359 g/mol. The zero-order valence-corrected chi connectivity index (χ0v) is 14.9. The number of nitrogens with zero attached hydrogens (tertiary/aromatic N) is 3. The molecule has 0 bridgehead atoms. The van der Waals surface area contributed by atoms with Crippen molar-refractivity contribution >= 4 is 29.1 Å². The Hall–Kier alpha value is -2.47. The summed E-state index contributed by atoms with van der Waals surface area (Å²) >= 11 is 5.84. The summed E-state index contributed by atoms with van der Waals surface area (Å²) in [6.07, 6.45) is 2.40. The summed E-state index contributed by atoms with van der Waals surface area (Å²) in [6, 6.07) is 6.90. The van der Waals surface area contributed by atoms with E-state index in [1.165, 1.54) is 0 Å². The number of carbonyl (C=O) groups excluding carboxylic acids is 2. The monoisotopic (exact) mass is 358 g/mol. The summed E-state index contributed by atoms with van der Waals surface area (Å²) in [5, 5.41) is 3.42. The van der Waals surface area contributed by atoms with Crippen LogP contribution in [-0.4, -0.2) is 39.8 Å². The summed E-state index contributed by atoms with van der Waals surface area (Å²) in [6.45, 7) is 4.71. The third-order valence-corrected chi connectivity index (χ3v) is 4.60. The molecule has 1 N–H and O–H groups in total. The van der Waals surface area contributed by atoms with E-state index in [-0.39, 0.29) is 17.7 Å². The minimum atomic E-state index is -0.261. The van der Waals surface area contributed by atoms with Crippen molar-refractivity contribution in [2.75, 3.05) is 18.4 Å². The number of amides is 2. The van der Waals surface area contributed by atoms with Crippen molar-refractivity contribution in [1.29, 1.82) is 0 Å². The first-order valence-corrected chi connectivity index (χ1v) is 8.48. The van der Waals surface area contributed by atoms with Gasteiger partial charge in [0.05, 0.1) is 11.3 Å². The van der Waals surface area contributed by atoms with Crippen LogP contribution in [0, 0.1) is 6.92 Å². The Balaban J connectivity index is 1.72. The van der Waals surface area contributed by atoms with Gasteiger partial charge in [0.1, 0.15) is 5.82 Å². The number of anilines is 1. The fourth-order valence-electron chi connectivity index (χ4n) is 2.89. The summed E-state index contributed by atoms with van der Waals surface area (Å²) in [5.74, 6) is 0.613. The Kier molecular flexibility index (Phi) is 4.99. The van der Waals surface area contributed by atoms with E-state index in [0.717, 1.165) is 13.0 Å². The zero-order chi connectivity index (χ0) is 18.0. The molecule has 1 saturated heterocycles. The van der Waals surface area contributed by atoms with Gasteiger partial charge in [0.2, 0.25) is 5.91 Å². The van der Waals surface area contributed by atoms with Crippen molar-refractivity contribution in [2.24, 2.45) is 0 Å². The number of carbonyl (C=O) groups is 2. The van der Waals surface area contributed by atoms with Crippen molar-refractivity contribution in [2.45, 2.75) is 26.2 Å². The molecule has 0 saturated carbocycles. The lowest BCUT2D eigenvalue weighted by atomic mass is 10.1. The molecule has 0 aliphatic carbocycles. The molecule has 1 unspecified atom stereocenters. The third kappa shape index (κ3) is 3.96. The van der Waals surface area contributed by atoms with Gasteiger partial charge in [-0.05, 0) is 37.6 Å². The van der Waals surface area contributed by atoms with E-state index >= 15 is 0 Å². The first-order chi connectivity index (χ1) is 11.9. The summed E-state index contributed by atoms with van der Waals surface area (Å²) in [4.78, 5) is 34.5. The maximum Gasteiger partial charge on any atom is 0.259 e. The van der Waals surface area contributed by atoms with Gasteiger partial charge in [-0.25, -0.2) is 9.97 Å². The third-order valence-electron chi connectivity index (χ3n) is 4.34. The molecule has 7 heteroatoms. The molecule has 1 aromatic carbocycles. The predicted molar refractivity (Wildman–Crippen MR) is 95.8 cm³/mol. The maximum atomic E-state index is 12.4. The summed E-state index contributed by atoms with van der Waals surface area (Å²) in [7, 11) is 0. The quantitative estimate of drug-likeness (QED) is 0.915. The predicted octanol–water partition coefficient (Wildman–Crippen LogP) is 3.03. The Morgan fingerprint density at radius 2 is 2.00 bits per heavy atom. The van der Waals surface area contributed by atoms with Crippen LogP contribution in [0.1, 0.15) is 41.1 Å². The molecule has 3 rings (SSSR count). The first-order valence-electron chi connectivity index (χ1n) is 8.10. The lowest BCUT2D eigenvalue weighted by Crippen LogP contribution is -2.25. The Bertz CT molecular complexity index is 807. The van der Waals surface area contributed by atoms with Gasteiger partial charge in [-0.15, -0.1) is 0 Å². The highest BCUT2D eigenvalue weighted by Crippen LogP contribution is 2.25. The molecule has 0 spiro atoms. The SMILES string of the molecule is CC(=O)N1CCC(c2ncc(C(=O)Nc3ccc(Cl)cc3)c(C)n2)C1. The van der Waals surface area contributed by atoms with Crippen molar-refractivity contribution in [3.05, 3.63) is 52.6 Å². The first kappa shape index (κ1) is 17.4. The van der Waals surface area contributed by atoms with Crippen LogP contribution in [0.3, 0.4) is 0 Å². The molecular formula is C18H19ClN4O2. The van der Waals surface area contributed by atoms with Gasteiger partial charge < -0.3 is 10.2 Å². The summed E-state index contributed by atoms with van der Waals surface area (Å²) in [5.41, 5.74) is 1.71. The van der Waals surface area contributed by atoms with Crippen LogP contribution in [0.4, 0.5) is 5.69 Å². The molecule has 2 heterocycles. The van der Waals surface area contributed by atoms with Crippen LogP contribution in [-0.2, 0) is 4.79 Å². The van der Waals surface area contributed by atoms with Crippen LogP contribution < -0.4 is 5.32 Å². The van der Waals surface area contributed by atoms with E-state index in [2.05, 4.69) is 15.3 Å². The molecule has 1 aliphatic heterocycles. The molecule has 2 aromatic rings. The van der Waals surface area contributed by atoms with Crippen molar-refractivity contribution in [3.8, 4) is 0 Å². The van der Waals surface area contributed by atoms with E-state index in [0.29, 0.717) is 34.3 Å². The molecule has 2 amide bonds. The molecule has 1 fully saturated rings. The largest absolute Gasteiger partial charge is 0.342 e. The zero-order valence-electron chi connectivity index (χ0n) is 14.1. The van der Waals surface area contributed by atoms with E-state index in [1.54, 1.807) is 49.2 Å². The van der Waals surface area contributed by atoms with Crippen molar-refractivity contribution in [1.82, 2.24) is 14.9 Å². The second kappa shape index (κ2) is 7.19. The van der Waals surface area contributed by atoms with Crippen molar-refractivity contribution in [3.63, 3.8) is 0 Å². The van der Waals surface area contributed by atoms with Gasteiger partial charge in [0.25, 0.3) is 5.91 Å². The molecule has 1 atom stereocenters. The van der Waals surface area contributed by atoms with Gasteiger partial charge in [-0.2, -0.15) is 0 Å². The van der Waals surface area contributed by atoms with Crippen LogP contribution in [0.15, 0.2) is 30.5 Å². The van der Waals surface area contributed by atoms with Gasteiger partial charge in [-0.1, -0.05) is 11.6 Å². The summed E-state index contributed by atoms with van der Waals surface area (Å²) < 4.78 is 0. The molecule has 6 nitrogen and oxygen atoms in total. The van der Waals surface area contributed by atoms with Gasteiger partial charge in [0, 0.05) is 42.8 Å². The maximum absolute atomic E-state index is 12.4. The lowest BCUT2D eigenvalue weighted by molar-refractivity contribution is -0.127. The number of halogens is 1. The molecule has 130 valence electrons. The van der Waals surface area contributed by atoms with Crippen LogP contribution in [0.5, 0.6) is 0 Å². The Morgan fingerprint density at radius 3 is 2.60 bits per heavy atom. The van der Waals surface area contributed by atoms with E-state index < -0.39 is 0 Å². The highest BCUT2D eigenvalue weighted by molar-refractivity contribution is 6.30. The number of benzene rings is 1. The van der Waals surface area contributed by atoms with E-state index in [1.807, 2.05) is 0 Å². The highest BCUT2D eigenvalue weighted by atomic mass is 35.5. The van der Waals surface area contributed by atoms with Crippen LogP contribution >= 0.6 is 11.6 Å². The van der Waals surface area contributed by atoms with Crippen molar-refractivity contribution < 1.29 is 9.59 Å². The number of aryl methyl sites for hydroxylation is 1. The van der Waals surface area contributed by atoms with Gasteiger partial charge >= 0.3 is 0 Å². The van der Waals surface area contributed by atoms with E-state index in [4.69, 9.17) is 11.6 Å². The minimum Gasteiger partial charge on any atom is -0.342 e. The molecule has 25 heavy (non-hydrogen) atoms. The average Bonchev–Trinajstić information content (AvgIpc) is 3.07. The normalized spacial score (nSPS) is 16.8. The smallest absolute Gasteiger partial charge is 0.259 e. The second-order valence-electron chi connectivity index (χ2n) is 6.14. The fraction of sp³-hybridized carbons (Fsp3) is 0.333. The number of hydrogen-bond donors (Lipinski definition) is 1. The van der Waals surface area contributed by atoms with Gasteiger partial charge in [-0.3, -0.25) is 9.59 Å². The molecule has 1 aliphatic rings. The Labute approximate surface area is 151 Å². The van der Waals surface area contributed by atoms with Crippen LogP contribution in [0.2, 0.25) is 5.02 Å². The van der Waals surface area contributed by atoms with E-state index in [9.17, 15) is 9.59 Å². The number of rotatable bonds is 3. The van der Waals surface area contributed by atoms with Crippen LogP contribution in [0.25, 0.3) is 0 Å². The number of hydrogen-bond acceptors (Lipinski definition) is 4. The topological polar surface area (TPSA) is 75.2 Å².